The van der Waals surface area contributed by atoms with Crippen molar-refractivity contribution in [3.63, 3.8) is 0 Å². The fourth-order valence-electron chi connectivity index (χ4n) is 1.71. The van der Waals surface area contributed by atoms with Gasteiger partial charge in [0.25, 0.3) is 0 Å². The van der Waals surface area contributed by atoms with Crippen molar-refractivity contribution in [2.24, 2.45) is 0 Å². The van der Waals surface area contributed by atoms with Gasteiger partial charge in [-0.25, -0.2) is 4.79 Å². The van der Waals surface area contributed by atoms with Crippen molar-refractivity contribution < 1.29 is 9.53 Å². The fraction of sp³-hybridized carbons (Fsp3) is 0.500. The molecule has 0 aromatic heterocycles. The molecule has 0 aliphatic heterocycles. The fourth-order valence-corrected chi connectivity index (χ4v) is 1.71. The van der Waals surface area contributed by atoms with Crippen LogP contribution in [0.15, 0.2) is 24.3 Å². The standard InChI is InChI=1S/C14H21NO2/c1-4-11(5-2)15-13-10-8-7-9-12(13)14(16)17-6-3/h7-11,15H,4-6H2,1-3H3. The van der Waals surface area contributed by atoms with E-state index >= 15 is 0 Å². The predicted octanol–water partition coefficient (Wildman–Crippen LogP) is 3.46. The molecular formula is C14H21NO2. The van der Waals surface area contributed by atoms with Crippen molar-refractivity contribution in [2.75, 3.05) is 11.9 Å². The highest BCUT2D eigenvalue weighted by Crippen LogP contribution is 2.18. The average molecular weight is 235 g/mol. The highest BCUT2D eigenvalue weighted by Gasteiger charge is 2.13. The van der Waals surface area contributed by atoms with Crippen molar-refractivity contribution in [3.05, 3.63) is 29.8 Å². The molecule has 17 heavy (non-hydrogen) atoms. The largest absolute Gasteiger partial charge is 0.462 e. The lowest BCUT2D eigenvalue weighted by Gasteiger charge is -2.18. The van der Waals surface area contributed by atoms with E-state index in [9.17, 15) is 4.79 Å². The molecule has 94 valence electrons. The number of rotatable bonds is 6. The van der Waals surface area contributed by atoms with Crippen LogP contribution in [-0.4, -0.2) is 18.6 Å². The van der Waals surface area contributed by atoms with Gasteiger partial charge in [-0.2, -0.15) is 0 Å². The molecule has 0 amide bonds. The predicted molar refractivity (Wildman–Crippen MR) is 70.4 cm³/mol. The Kier molecular flexibility index (Phi) is 5.53. The molecule has 0 saturated heterocycles. The van der Waals surface area contributed by atoms with E-state index in [2.05, 4.69) is 19.2 Å². The minimum absolute atomic E-state index is 0.262. The van der Waals surface area contributed by atoms with Gasteiger partial charge in [0.1, 0.15) is 0 Å². The second-order valence-corrected chi connectivity index (χ2v) is 3.92. The van der Waals surface area contributed by atoms with E-state index < -0.39 is 0 Å². The summed E-state index contributed by atoms with van der Waals surface area (Å²) in [6.45, 7) is 6.48. The van der Waals surface area contributed by atoms with Crippen molar-refractivity contribution >= 4 is 11.7 Å². The molecule has 0 saturated carbocycles. The Morgan fingerprint density at radius 3 is 2.47 bits per heavy atom. The van der Waals surface area contributed by atoms with Gasteiger partial charge >= 0.3 is 5.97 Å². The summed E-state index contributed by atoms with van der Waals surface area (Å²) >= 11 is 0. The zero-order valence-corrected chi connectivity index (χ0v) is 10.8. The number of carbonyl (C=O) groups excluding carboxylic acids is 1. The maximum atomic E-state index is 11.8. The number of hydrogen-bond acceptors (Lipinski definition) is 3. The SMILES string of the molecule is CCOC(=O)c1ccccc1NC(CC)CC. The average Bonchev–Trinajstić information content (AvgIpc) is 2.36. The van der Waals surface area contributed by atoms with Crippen LogP contribution in [-0.2, 0) is 4.74 Å². The monoisotopic (exact) mass is 235 g/mol. The number of hydrogen-bond donors (Lipinski definition) is 1. The Morgan fingerprint density at radius 2 is 1.88 bits per heavy atom. The molecule has 1 rings (SSSR count). The Labute approximate surface area is 103 Å². The summed E-state index contributed by atoms with van der Waals surface area (Å²) in [6, 6.07) is 7.89. The molecule has 0 spiro atoms. The minimum atomic E-state index is -0.262. The summed E-state index contributed by atoms with van der Waals surface area (Å²) in [6.07, 6.45) is 2.07. The molecular weight excluding hydrogens is 214 g/mol. The summed E-state index contributed by atoms with van der Waals surface area (Å²) in [5, 5.41) is 3.39. The zero-order valence-electron chi connectivity index (χ0n) is 10.8. The summed E-state index contributed by atoms with van der Waals surface area (Å²) in [7, 11) is 0. The van der Waals surface area contributed by atoms with Gasteiger partial charge in [0.05, 0.1) is 12.2 Å². The van der Waals surface area contributed by atoms with Crippen LogP contribution in [0, 0.1) is 0 Å². The Morgan fingerprint density at radius 1 is 1.24 bits per heavy atom. The molecule has 0 radical (unpaired) electrons. The molecule has 3 nitrogen and oxygen atoms in total. The highest BCUT2D eigenvalue weighted by atomic mass is 16.5. The van der Waals surface area contributed by atoms with E-state index in [1.165, 1.54) is 0 Å². The molecule has 0 unspecified atom stereocenters. The Hall–Kier alpha value is -1.51. The summed E-state index contributed by atoms with van der Waals surface area (Å²) in [5.41, 5.74) is 1.47. The molecule has 0 aliphatic carbocycles. The summed E-state index contributed by atoms with van der Waals surface area (Å²) < 4.78 is 5.04. The smallest absolute Gasteiger partial charge is 0.340 e. The molecule has 0 aliphatic rings. The van der Waals surface area contributed by atoms with Crippen molar-refractivity contribution in [2.45, 2.75) is 39.7 Å². The van der Waals surface area contributed by atoms with Gasteiger partial charge < -0.3 is 10.1 Å². The first-order valence-electron chi connectivity index (χ1n) is 6.25. The van der Waals surface area contributed by atoms with Crippen molar-refractivity contribution in [1.29, 1.82) is 0 Å². The van der Waals surface area contributed by atoms with E-state index in [0.717, 1.165) is 18.5 Å². The van der Waals surface area contributed by atoms with E-state index in [1.807, 2.05) is 25.1 Å². The van der Waals surface area contributed by atoms with E-state index in [4.69, 9.17) is 4.74 Å². The molecule has 0 bridgehead atoms. The number of esters is 1. The van der Waals surface area contributed by atoms with Gasteiger partial charge in [-0.15, -0.1) is 0 Å². The van der Waals surface area contributed by atoms with Gasteiger partial charge in [-0.3, -0.25) is 0 Å². The summed E-state index contributed by atoms with van der Waals surface area (Å²) in [5.74, 6) is -0.262. The molecule has 0 heterocycles. The van der Waals surface area contributed by atoms with Gasteiger partial charge in [0.2, 0.25) is 0 Å². The number of nitrogens with one attached hydrogen (secondary N) is 1. The minimum Gasteiger partial charge on any atom is -0.462 e. The first kappa shape index (κ1) is 13.6. The lowest BCUT2D eigenvalue weighted by atomic mass is 10.1. The highest BCUT2D eigenvalue weighted by molar-refractivity contribution is 5.95. The lowest BCUT2D eigenvalue weighted by molar-refractivity contribution is 0.0527. The number of ether oxygens (including phenoxy) is 1. The first-order chi connectivity index (χ1) is 8.22. The van der Waals surface area contributed by atoms with Gasteiger partial charge in [-0.05, 0) is 31.9 Å². The normalized spacial score (nSPS) is 10.4. The van der Waals surface area contributed by atoms with Crippen LogP contribution in [0.5, 0.6) is 0 Å². The van der Waals surface area contributed by atoms with Crippen LogP contribution >= 0.6 is 0 Å². The van der Waals surface area contributed by atoms with Crippen LogP contribution in [0.3, 0.4) is 0 Å². The number of anilines is 1. The first-order valence-corrected chi connectivity index (χ1v) is 6.25. The van der Waals surface area contributed by atoms with Crippen molar-refractivity contribution in [3.8, 4) is 0 Å². The topological polar surface area (TPSA) is 38.3 Å². The van der Waals surface area contributed by atoms with Crippen LogP contribution in [0.2, 0.25) is 0 Å². The molecule has 0 fully saturated rings. The third-order valence-electron chi connectivity index (χ3n) is 2.77. The molecule has 3 heteroatoms. The van der Waals surface area contributed by atoms with Gasteiger partial charge in [0, 0.05) is 11.7 Å². The maximum Gasteiger partial charge on any atom is 0.340 e. The Bertz CT molecular complexity index is 359. The number of para-hydroxylation sites is 1. The quantitative estimate of drug-likeness (QED) is 0.767. The van der Waals surface area contributed by atoms with Crippen LogP contribution in [0.1, 0.15) is 44.0 Å². The molecule has 0 atom stereocenters. The number of carbonyl (C=O) groups is 1. The van der Waals surface area contributed by atoms with Crippen LogP contribution in [0.25, 0.3) is 0 Å². The molecule has 1 N–H and O–H groups in total. The Balaban J connectivity index is 2.87. The molecule has 1 aromatic carbocycles. The maximum absolute atomic E-state index is 11.8. The molecule has 1 aromatic rings. The third kappa shape index (κ3) is 3.77. The van der Waals surface area contributed by atoms with Crippen LogP contribution < -0.4 is 5.32 Å². The van der Waals surface area contributed by atoms with Crippen molar-refractivity contribution in [1.82, 2.24) is 0 Å². The van der Waals surface area contributed by atoms with E-state index in [0.29, 0.717) is 18.2 Å². The zero-order chi connectivity index (χ0) is 12.7. The van der Waals surface area contributed by atoms with E-state index in [1.54, 1.807) is 6.07 Å². The van der Waals surface area contributed by atoms with E-state index in [-0.39, 0.29) is 5.97 Å². The second kappa shape index (κ2) is 6.94. The lowest BCUT2D eigenvalue weighted by Crippen LogP contribution is -2.19. The second-order valence-electron chi connectivity index (χ2n) is 3.92. The van der Waals surface area contributed by atoms with Crippen LogP contribution in [0.4, 0.5) is 5.69 Å². The third-order valence-corrected chi connectivity index (χ3v) is 2.77. The van der Waals surface area contributed by atoms with Gasteiger partial charge in [-0.1, -0.05) is 26.0 Å². The summed E-state index contributed by atoms with van der Waals surface area (Å²) in [4.78, 5) is 11.8. The number of benzene rings is 1. The van der Waals surface area contributed by atoms with Gasteiger partial charge in [0.15, 0.2) is 0 Å².